The maximum atomic E-state index is 13.6. The molecule has 0 unspecified atom stereocenters. The Kier molecular flexibility index (Phi) is 2.81. The molecule has 0 amide bonds. The first kappa shape index (κ1) is 11.3. The highest BCUT2D eigenvalue weighted by molar-refractivity contribution is 7.19. The summed E-state index contributed by atoms with van der Waals surface area (Å²) in [6.07, 6.45) is 2.56. The van der Waals surface area contributed by atoms with Crippen LogP contribution in [0.2, 0.25) is 0 Å². The molecule has 0 saturated heterocycles. The number of hydrogen-bond acceptors (Lipinski definition) is 4. The number of aromatic nitrogens is 3. The first-order valence-corrected chi connectivity index (χ1v) is 6.39. The maximum absolute atomic E-state index is 13.6. The van der Waals surface area contributed by atoms with Crippen molar-refractivity contribution >= 4 is 16.3 Å². The second-order valence-corrected chi connectivity index (χ2v) is 4.84. The zero-order valence-corrected chi connectivity index (χ0v) is 10.3. The van der Waals surface area contributed by atoms with Crippen LogP contribution in [-0.4, -0.2) is 21.1 Å². The molecule has 0 spiro atoms. The fraction of sp³-hybridized carbons (Fsp3) is 0.167. The summed E-state index contributed by atoms with van der Waals surface area (Å²) < 4.78 is 15.3. The number of fused-ring (bicyclic) bond motifs is 1. The van der Waals surface area contributed by atoms with E-state index in [1.807, 2.05) is 6.20 Å². The summed E-state index contributed by atoms with van der Waals surface area (Å²) in [5.74, 6) is -0.267. The minimum atomic E-state index is -0.267. The highest BCUT2D eigenvalue weighted by Crippen LogP contribution is 2.27. The van der Waals surface area contributed by atoms with Gasteiger partial charge in [0.25, 0.3) is 0 Å². The Hall–Kier alpha value is -1.79. The average molecular weight is 262 g/mol. The van der Waals surface area contributed by atoms with Gasteiger partial charge in [-0.2, -0.15) is 5.10 Å². The quantitative estimate of drug-likeness (QED) is 0.786. The molecule has 0 aliphatic heterocycles. The van der Waals surface area contributed by atoms with E-state index < -0.39 is 0 Å². The highest BCUT2D eigenvalue weighted by atomic mass is 32.1. The normalized spacial score (nSPS) is 11.2. The van der Waals surface area contributed by atoms with Crippen molar-refractivity contribution in [3.8, 4) is 10.6 Å². The van der Waals surface area contributed by atoms with Crippen LogP contribution in [0.3, 0.4) is 0 Å². The number of imidazole rings is 1. The highest BCUT2D eigenvalue weighted by Gasteiger charge is 2.12. The van der Waals surface area contributed by atoms with E-state index >= 15 is 0 Å². The van der Waals surface area contributed by atoms with E-state index in [9.17, 15) is 4.39 Å². The molecule has 0 aliphatic rings. The summed E-state index contributed by atoms with van der Waals surface area (Å²) >= 11 is 1.37. The van der Waals surface area contributed by atoms with Crippen molar-refractivity contribution in [2.75, 3.05) is 6.54 Å². The minimum absolute atomic E-state index is 0.267. The molecule has 4 nitrogen and oxygen atoms in total. The predicted molar refractivity (Wildman–Crippen MR) is 69.0 cm³/mol. The molecule has 2 N–H and O–H groups in total. The molecule has 3 rings (SSSR count). The van der Waals surface area contributed by atoms with Gasteiger partial charge in [0.15, 0.2) is 5.01 Å². The van der Waals surface area contributed by atoms with E-state index in [0.717, 1.165) is 17.1 Å². The molecule has 0 bridgehead atoms. The van der Waals surface area contributed by atoms with Gasteiger partial charge in [-0.1, -0.05) is 23.5 Å². The first-order chi connectivity index (χ1) is 8.78. The van der Waals surface area contributed by atoms with Gasteiger partial charge in [-0.05, 0) is 18.7 Å². The molecule has 6 heteroatoms. The number of halogens is 1. The smallest absolute Gasteiger partial charge is 0.212 e. The van der Waals surface area contributed by atoms with Crippen LogP contribution in [0.25, 0.3) is 15.5 Å². The van der Waals surface area contributed by atoms with Gasteiger partial charge in [-0.3, -0.25) is 0 Å². The van der Waals surface area contributed by atoms with Crippen LogP contribution in [0.1, 0.15) is 5.69 Å². The lowest BCUT2D eigenvalue weighted by atomic mass is 10.2. The number of rotatable bonds is 3. The third kappa shape index (κ3) is 1.89. The second kappa shape index (κ2) is 4.47. The van der Waals surface area contributed by atoms with Crippen LogP contribution >= 0.6 is 11.3 Å². The third-order valence-corrected chi connectivity index (χ3v) is 3.55. The van der Waals surface area contributed by atoms with Crippen LogP contribution in [0.5, 0.6) is 0 Å². The van der Waals surface area contributed by atoms with Crippen LogP contribution in [-0.2, 0) is 6.42 Å². The van der Waals surface area contributed by atoms with Crippen LogP contribution in [0, 0.1) is 5.82 Å². The Labute approximate surface area is 107 Å². The zero-order valence-electron chi connectivity index (χ0n) is 9.51. The molecular formula is C12H11FN4S. The Bertz CT molecular complexity index is 657. The Morgan fingerprint density at radius 3 is 2.89 bits per heavy atom. The monoisotopic (exact) mass is 262 g/mol. The van der Waals surface area contributed by atoms with Crippen molar-refractivity contribution in [3.63, 3.8) is 0 Å². The van der Waals surface area contributed by atoms with Crippen molar-refractivity contribution in [2.45, 2.75) is 6.42 Å². The predicted octanol–water partition coefficient (Wildman–Crippen LogP) is 2.10. The maximum Gasteiger partial charge on any atom is 0.212 e. The van der Waals surface area contributed by atoms with Gasteiger partial charge < -0.3 is 5.73 Å². The van der Waals surface area contributed by atoms with Gasteiger partial charge >= 0.3 is 0 Å². The summed E-state index contributed by atoms with van der Waals surface area (Å²) in [5, 5.41) is 4.97. The number of benzene rings is 1. The molecule has 0 aliphatic carbocycles. The van der Waals surface area contributed by atoms with E-state index in [1.54, 1.807) is 22.7 Å². The molecule has 92 valence electrons. The van der Waals surface area contributed by atoms with Crippen molar-refractivity contribution in [3.05, 3.63) is 42.0 Å². The fourth-order valence-corrected chi connectivity index (χ4v) is 2.68. The van der Waals surface area contributed by atoms with E-state index in [0.29, 0.717) is 17.1 Å². The topological polar surface area (TPSA) is 56.2 Å². The van der Waals surface area contributed by atoms with Gasteiger partial charge in [0.1, 0.15) is 5.82 Å². The van der Waals surface area contributed by atoms with Crippen molar-refractivity contribution in [1.29, 1.82) is 0 Å². The van der Waals surface area contributed by atoms with Gasteiger partial charge in [-0.15, -0.1) is 0 Å². The van der Waals surface area contributed by atoms with E-state index in [1.165, 1.54) is 17.4 Å². The largest absolute Gasteiger partial charge is 0.330 e. The fourth-order valence-electron chi connectivity index (χ4n) is 1.76. The summed E-state index contributed by atoms with van der Waals surface area (Å²) in [5.41, 5.74) is 6.90. The van der Waals surface area contributed by atoms with E-state index in [-0.39, 0.29) is 5.82 Å². The Morgan fingerprint density at radius 2 is 2.17 bits per heavy atom. The number of nitrogens with zero attached hydrogens (tertiary/aromatic N) is 3. The first-order valence-electron chi connectivity index (χ1n) is 5.58. The van der Waals surface area contributed by atoms with Crippen molar-refractivity contribution < 1.29 is 4.39 Å². The van der Waals surface area contributed by atoms with Crippen LogP contribution in [0.4, 0.5) is 4.39 Å². The zero-order chi connectivity index (χ0) is 12.5. The molecule has 3 aromatic rings. The second-order valence-electron chi connectivity index (χ2n) is 3.89. The Morgan fingerprint density at radius 1 is 1.33 bits per heavy atom. The molecule has 0 atom stereocenters. The van der Waals surface area contributed by atoms with Gasteiger partial charge in [0, 0.05) is 12.0 Å². The Balaban J connectivity index is 2.04. The molecule has 18 heavy (non-hydrogen) atoms. The molecular weight excluding hydrogens is 251 g/mol. The van der Waals surface area contributed by atoms with Gasteiger partial charge in [0.2, 0.25) is 4.96 Å². The summed E-state index contributed by atoms with van der Waals surface area (Å²) in [6, 6.07) is 6.60. The summed E-state index contributed by atoms with van der Waals surface area (Å²) in [7, 11) is 0. The van der Waals surface area contributed by atoms with E-state index in [2.05, 4.69) is 10.1 Å². The standard InChI is InChI=1S/C12H11FN4S/c13-10-4-2-1-3-9(10)11-16-17-7-8(5-6-14)15-12(17)18-11/h1-4,7H,5-6,14H2. The number of hydrogen-bond donors (Lipinski definition) is 1. The van der Waals surface area contributed by atoms with E-state index in [4.69, 9.17) is 5.73 Å². The van der Waals surface area contributed by atoms with Crippen molar-refractivity contribution in [1.82, 2.24) is 14.6 Å². The summed E-state index contributed by atoms with van der Waals surface area (Å²) in [6.45, 7) is 0.561. The molecule has 1 aromatic carbocycles. The number of nitrogens with two attached hydrogens (primary N) is 1. The van der Waals surface area contributed by atoms with Crippen LogP contribution < -0.4 is 5.73 Å². The molecule has 0 fully saturated rings. The lowest BCUT2D eigenvalue weighted by Gasteiger charge is -1.96. The molecule has 2 aromatic heterocycles. The average Bonchev–Trinajstić information content (AvgIpc) is 2.88. The summed E-state index contributed by atoms with van der Waals surface area (Å²) in [4.78, 5) is 5.16. The lowest BCUT2D eigenvalue weighted by molar-refractivity contribution is 0.631. The minimum Gasteiger partial charge on any atom is -0.330 e. The molecule has 0 saturated carbocycles. The molecule has 2 heterocycles. The molecule has 0 radical (unpaired) electrons. The lowest BCUT2D eigenvalue weighted by Crippen LogP contribution is -2.02. The van der Waals surface area contributed by atoms with Crippen LogP contribution in [0.15, 0.2) is 30.5 Å². The van der Waals surface area contributed by atoms with Crippen molar-refractivity contribution in [2.24, 2.45) is 5.73 Å². The SMILES string of the molecule is NCCc1cn2nc(-c3ccccc3F)sc2n1. The van der Waals surface area contributed by atoms with Gasteiger partial charge in [-0.25, -0.2) is 13.9 Å². The van der Waals surface area contributed by atoms with Gasteiger partial charge in [0.05, 0.1) is 11.9 Å². The third-order valence-electron chi connectivity index (χ3n) is 2.60.